The van der Waals surface area contributed by atoms with Gasteiger partial charge in [-0.2, -0.15) is 5.26 Å². The molecule has 5 heteroatoms. The first-order chi connectivity index (χ1) is 7.59. The maximum absolute atomic E-state index is 10.3. The van der Waals surface area contributed by atoms with Crippen LogP contribution in [-0.2, 0) is 0 Å². The predicted molar refractivity (Wildman–Crippen MR) is 65.6 cm³/mol. The number of nitriles is 1. The average Bonchev–Trinajstić information content (AvgIpc) is 2.87. The molecular weight excluding hydrogens is 338 g/mol. The monoisotopic (exact) mass is 347 g/mol. The summed E-state index contributed by atoms with van der Waals surface area (Å²) in [5, 5.41) is 19.5. The van der Waals surface area contributed by atoms with Crippen LogP contribution in [0.5, 0.6) is 0 Å². The van der Waals surface area contributed by atoms with Gasteiger partial charge in [-0.15, -0.1) is 0 Å². The average molecular weight is 349 g/mol. The molecule has 1 heterocycles. The number of hydrogen-bond acceptors (Lipinski definition) is 3. The van der Waals surface area contributed by atoms with Crippen molar-refractivity contribution in [2.45, 2.75) is 31.8 Å². The summed E-state index contributed by atoms with van der Waals surface area (Å²) in [6.45, 7) is 0. The van der Waals surface area contributed by atoms with Crippen molar-refractivity contribution in [1.82, 2.24) is 0 Å². The number of hydrogen-bond donors (Lipinski definition) is 1. The van der Waals surface area contributed by atoms with E-state index in [0.717, 1.165) is 30.2 Å². The Morgan fingerprint density at radius 2 is 2.06 bits per heavy atom. The van der Waals surface area contributed by atoms with Gasteiger partial charge >= 0.3 is 0 Å². The molecule has 0 aromatic carbocycles. The normalized spacial score (nSPS) is 20.6. The molecule has 0 spiro atoms. The van der Waals surface area contributed by atoms with E-state index in [-0.39, 0.29) is 0 Å². The zero-order chi connectivity index (χ0) is 11.8. The zero-order valence-corrected chi connectivity index (χ0v) is 11.7. The van der Waals surface area contributed by atoms with E-state index in [0.29, 0.717) is 10.4 Å². The molecule has 1 N–H and O–H groups in total. The summed E-state index contributed by atoms with van der Waals surface area (Å²) >= 11 is 6.52. The van der Waals surface area contributed by atoms with E-state index in [1.165, 1.54) is 0 Å². The fourth-order valence-electron chi connectivity index (χ4n) is 2.22. The van der Waals surface area contributed by atoms with Crippen LogP contribution in [0.15, 0.2) is 19.6 Å². The molecule has 1 aromatic heterocycles. The van der Waals surface area contributed by atoms with Crippen molar-refractivity contribution in [3.8, 4) is 6.07 Å². The van der Waals surface area contributed by atoms with E-state index in [1.807, 2.05) is 0 Å². The van der Waals surface area contributed by atoms with Gasteiger partial charge in [0.05, 0.1) is 16.0 Å². The maximum Gasteiger partial charge on any atom is 0.183 e. The molecule has 1 aromatic rings. The Balaban J connectivity index is 2.30. The highest BCUT2D eigenvalue weighted by molar-refractivity contribution is 9.13. The SMILES string of the molecule is N#CC1(C(O)c2cc(Br)c(Br)o2)CCCC1. The Hall–Kier alpha value is -0.310. The lowest BCUT2D eigenvalue weighted by Gasteiger charge is -2.24. The molecule has 1 fully saturated rings. The van der Waals surface area contributed by atoms with Crippen LogP contribution in [0.2, 0.25) is 0 Å². The van der Waals surface area contributed by atoms with Crippen LogP contribution in [0.4, 0.5) is 0 Å². The summed E-state index contributed by atoms with van der Waals surface area (Å²) in [4.78, 5) is 0. The lowest BCUT2D eigenvalue weighted by Crippen LogP contribution is -2.23. The molecule has 0 aliphatic heterocycles. The Labute approximate surface area is 111 Å². The second-order valence-corrected chi connectivity index (χ2v) is 5.72. The summed E-state index contributed by atoms with van der Waals surface area (Å²) in [7, 11) is 0. The molecule has 0 bridgehead atoms. The first-order valence-electron chi connectivity index (χ1n) is 5.13. The minimum Gasteiger partial charge on any atom is -0.450 e. The van der Waals surface area contributed by atoms with Crippen molar-refractivity contribution in [2.24, 2.45) is 5.41 Å². The van der Waals surface area contributed by atoms with Crippen molar-refractivity contribution in [3.05, 3.63) is 21.0 Å². The Morgan fingerprint density at radius 1 is 1.44 bits per heavy atom. The largest absolute Gasteiger partial charge is 0.450 e. The molecule has 0 saturated heterocycles. The van der Waals surface area contributed by atoms with E-state index in [4.69, 9.17) is 4.42 Å². The number of halogens is 2. The summed E-state index contributed by atoms with van der Waals surface area (Å²) < 4.78 is 6.69. The topological polar surface area (TPSA) is 57.2 Å². The maximum atomic E-state index is 10.3. The van der Waals surface area contributed by atoms with Gasteiger partial charge in [-0.1, -0.05) is 12.8 Å². The first kappa shape index (κ1) is 12.2. The van der Waals surface area contributed by atoms with Gasteiger partial charge in [0, 0.05) is 0 Å². The summed E-state index contributed by atoms with van der Waals surface area (Å²) in [5.41, 5.74) is -0.670. The van der Waals surface area contributed by atoms with Gasteiger partial charge in [0.2, 0.25) is 0 Å². The molecule has 86 valence electrons. The summed E-state index contributed by atoms with van der Waals surface area (Å²) in [5.74, 6) is 0.446. The highest BCUT2D eigenvalue weighted by Crippen LogP contribution is 2.48. The van der Waals surface area contributed by atoms with Crippen molar-refractivity contribution < 1.29 is 9.52 Å². The van der Waals surface area contributed by atoms with E-state index in [9.17, 15) is 10.4 Å². The third-order valence-corrected chi connectivity index (χ3v) is 4.89. The number of furan rings is 1. The van der Waals surface area contributed by atoms with Gasteiger partial charge in [0.15, 0.2) is 4.67 Å². The predicted octanol–water partition coefficient (Wildman–Crippen LogP) is 3.92. The molecule has 1 aliphatic rings. The lowest BCUT2D eigenvalue weighted by molar-refractivity contribution is 0.0469. The van der Waals surface area contributed by atoms with Gasteiger partial charge in [0.1, 0.15) is 11.9 Å². The van der Waals surface area contributed by atoms with Gasteiger partial charge < -0.3 is 9.52 Å². The molecule has 0 radical (unpaired) electrons. The summed E-state index contributed by atoms with van der Waals surface area (Å²) in [6, 6.07) is 3.98. The number of aliphatic hydroxyl groups is 1. The van der Waals surface area contributed by atoms with Gasteiger partial charge in [-0.3, -0.25) is 0 Å². The standard InChI is InChI=1S/C11H11Br2NO2/c12-7-5-8(16-10(7)13)9(15)11(6-14)3-1-2-4-11/h5,9,15H,1-4H2. The van der Waals surface area contributed by atoms with Crippen molar-refractivity contribution >= 4 is 31.9 Å². The molecule has 16 heavy (non-hydrogen) atoms. The van der Waals surface area contributed by atoms with Crippen molar-refractivity contribution in [1.29, 1.82) is 5.26 Å². The van der Waals surface area contributed by atoms with Crippen LogP contribution >= 0.6 is 31.9 Å². The third-order valence-electron chi connectivity index (χ3n) is 3.18. The third kappa shape index (κ3) is 1.94. The second kappa shape index (κ2) is 4.52. The van der Waals surface area contributed by atoms with E-state index < -0.39 is 11.5 Å². The van der Waals surface area contributed by atoms with Crippen LogP contribution in [0.25, 0.3) is 0 Å². The fraction of sp³-hybridized carbons (Fsp3) is 0.545. The highest BCUT2D eigenvalue weighted by atomic mass is 79.9. The molecular formula is C11H11Br2NO2. The molecule has 1 aliphatic carbocycles. The molecule has 1 atom stereocenters. The van der Waals surface area contributed by atoms with Gasteiger partial charge in [0.25, 0.3) is 0 Å². The Kier molecular flexibility index (Phi) is 3.43. The van der Waals surface area contributed by atoms with Crippen LogP contribution in [0, 0.1) is 16.7 Å². The van der Waals surface area contributed by atoms with E-state index in [1.54, 1.807) is 6.07 Å². The van der Waals surface area contributed by atoms with Gasteiger partial charge in [-0.25, -0.2) is 0 Å². The smallest absolute Gasteiger partial charge is 0.183 e. The Morgan fingerprint density at radius 3 is 2.50 bits per heavy atom. The van der Waals surface area contributed by atoms with Gasteiger partial charge in [-0.05, 0) is 50.8 Å². The number of nitrogens with zero attached hydrogens (tertiary/aromatic N) is 1. The van der Waals surface area contributed by atoms with E-state index in [2.05, 4.69) is 37.9 Å². The molecule has 2 rings (SSSR count). The first-order valence-corrected chi connectivity index (χ1v) is 6.72. The summed E-state index contributed by atoms with van der Waals surface area (Å²) in [6.07, 6.45) is 2.62. The minimum absolute atomic E-state index is 0.446. The number of aliphatic hydroxyl groups excluding tert-OH is 1. The van der Waals surface area contributed by atoms with Crippen LogP contribution in [0.3, 0.4) is 0 Å². The quantitative estimate of drug-likeness (QED) is 0.881. The second-order valence-electron chi connectivity index (χ2n) is 4.15. The van der Waals surface area contributed by atoms with Crippen LogP contribution in [0.1, 0.15) is 37.5 Å². The van der Waals surface area contributed by atoms with Crippen LogP contribution < -0.4 is 0 Å². The molecule has 1 saturated carbocycles. The molecule has 1 unspecified atom stereocenters. The van der Waals surface area contributed by atoms with Crippen LogP contribution in [-0.4, -0.2) is 5.11 Å². The molecule has 0 amide bonds. The zero-order valence-electron chi connectivity index (χ0n) is 8.54. The lowest BCUT2D eigenvalue weighted by atomic mass is 9.81. The number of rotatable bonds is 2. The highest BCUT2D eigenvalue weighted by Gasteiger charge is 2.43. The molecule has 3 nitrogen and oxygen atoms in total. The Bertz CT molecular complexity index is 410. The van der Waals surface area contributed by atoms with E-state index >= 15 is 0 Å². The van der Waals surface area contributed by atoms with Crippen molar-refractivity contribution in [2.75, 3.05) is 0 Å². The fourth-order valence-corrected chi connectivity index (χ4v) is 2.83. The minimum atomic E-state index is -0.845. The van der Waals surface area contributed by atoms with Crippen molar-refractivity contribution in [3.63, 3.8) is 0 Å².